The summed E-state index contributed by atoms with van der Waals surface area (Å²) >= 11 is 0. The molecular formula is C19H24F4N4O3. The summed E-state index contributed by atoms with van der Waals surface area (Å²) in [5, 5.41) is 2.64. The summed E-state index contributed by atoms with van der Waals surface area (Å²) in [6.45, 7) is 2.30. The van der Waals surface area contributed by atoms with E-state index in [0.29, 0.717) is 64.3 Å². The van der Waals surface area contributed by atoms with Crippen molar-refractivity contribution in [1.82, 2.24) is 15.1 Å². The Morgan fingerprint density at radius 2 is 1.80 bits per heavy atom. The van der Waals surface area contributed by atoms with Crippen molar-refractivity contribution in [3.63, 3.8) is 0 Å². The van der Waals surface area contributed by atoms with E-state index in [1.54, 1.807) is 0 Å². The van der Waals surface area contributed by atoms with Crippen LogP contribution in [0.25, 0.3) is 0 Å². The van der Waals surface area contributed by atoms with Crippen LogP contribution in [0.1, 0.15) is 12.8 Å². The molecule has 7 nitrogen and oxygen atoms in total. The van der Waals surface area contributed by atoms with Crippen molar-refractivity contribution in [1.29, 1.82) is 0 Å². The summed E-state index contributed by atoms with van der Waals surface area (Å²) in [5.41, 5.74) is 0.427. The first-order valence-corrected chi connectivity index (χ1v) is 9.77. The molecule has 2 aliphatic rings. The first-order chi connectivity index (χ1) is 14.2. The minimum Gasteiger partial charge on any atom is -0.482 e. The smallest absolute Gasteiger partial charge is 0.422 e. The molecule has 0 unspecified atom stereocenters. The van der Waals surface area contributed by atoms with Crippen LogP contribution in [-0.4, -0.2) is 80.3 Å². The number of amides is 3. The zero-order valence-electron chi connectivity index (χ0n) is 16.4. The molecule has 0 aromatic heterocycles. The fourth-order valence-corrected chi connectivity index (χ4v) is 3.54. The van der Waals surface area contributed by atoms with Gasteiger partial charge < -0.3 is 15.0 Å². The molecule has 0 bridgehead atoms. The number of anilines is 1. The number of carbonyl (C=O) groups is 2. The quantitative estimate of drug-likeness (QED) is 0.670. The van der Waals surface area contributed by atoms with Gasteiger partial charge in [-0.25, -0.2) is 9.18 Å². The molecule has 1 N–H and O–H groups in total. The number of nitrogens with one attached hydrogen (secondary N) is 1. The summed E-state index contributed by atoms with van der Waals surface area (Å²) < 4.78 is 55.8. The number of halogens is 4. The van der Waals surface area contributed by atoms with Crippen molar-refractivity contribution in [3.05, 3.63) is 24.0 Å². The fraction of sp³-hybridized carbons (Fsp3) is 0.579. The molecule has 0 saturated carbocycles. The number of hydrogen-bond donors (Lipinski definition) is 1. The van der Waals surface area contributed by atoms with Crippen LogP contribution in [0.2, 0.25) is 0 Å². The van der Waals surface area contributed by atoms with Gasteiger partial charge in [0.15, 0.2) is 6.61 Å². The van der Waals surface area contributed by atoms with Crippen molar-refractivity contribution in [2.45, 2.75) is 19.0 Å². The molecule has 3 amide bonds. The van der Waals surface area contributed by atoms with Gasteiger partial charge in [-0.3, -0.25) is 14.6 Å². The molecule has 0 radical (unpaired) electrons. The largest absolute Gasteiger partial charge is 0.482 e. The molecule has 166 valence electrons. The standard InChI is InChI=1S/C19H24F4N4O3/c20-14-2-3-15(16(12-14)30-13-19(21,22)23)26-10-8-25(9-11-26)6-1-7-27-17(28)4-5-24-18(27)29/h2-3,12H,1,4-11,13H2,(H,24,29). The highest BCUT2D eigenvalue weighted by Gasteiger charge is 2.30. The van der Waals surface area contributed by atoms with Gasteiger partial charge in [0.1, 0.15) is 11.6 Å². The van der Waals surface area contributed by atoms with Crippen LogP contribution in [0.4, 0.5) is 28.0 Å². The normalized spacial score (nSPS) is 18.5. The number of hydrogen-bond acceptors (Lipinski definition) is 5. The lowest BCUT2D eigenvalue weighted by atomic mass is 10.2. The minimum absolute atomic E-state index is 0.129. The molecular weight excluding hydrogens is 408 g/mol. The third-order valence-electron chi connectivity index (χ3n) is 5.04. The Labute approximate surface area is 171 Å². The maximum atomic E-state index is 13.5. The monoisotopic (exact) mass is 432 g/mol. The summed E-state index contributed by atoms with van der Waals surface area (Å²) in [6.07, 6.45) is -3.56. The van der Waals surface area contributed by atoms with Gasteiger partial charge in [-0.2, -0.15) is 13.2 Å². The molecule has 2 fully saturated rings. The number of rotatable bonds is 7. The van der Waals surface area contributed by atoms with Crippen LogP contribution in [0.5, 0.6) is 5.75 Å². The van der Waals surface area contributed by atoms with Gasteiger partial charge in [-0.15, -0.1) is 0 Å². The molecule has 0 spiro atoms. The van der Waals surface area contributed by atoms with Gasteiger partial charge in [-0.1, -0.05) is 0 Å². The molecule has 3 rings (SSSR count). The zero-order valence-corrected chi connectivity index (χ0v) is 16.4. The van der Waals surface area contributed by atoms with Crippen molar-refractivity contribution < 1.29 is 31.9 Å². The number of piperazine rings is 1. The third-order valence-corrected chi connectivity index (χ3v) is 5.04. The molecule has 1 aromatic carbocycles. The molecule has 1 aromatic rings. The molecule has 0 atom stereocenters. The topological polar surface area (TPSA) is 65.1 Å². The second-order valence-corrected chi connectivity index (χ2v) is 7.23. The van der Waals surface area contributed by atoms with Crippen LogP contribution < -0.4 is 15.0 Å². The number of carbonyl (C=O) groups excluding carboxylic acids is 2. The van der Waals surface area contributed by atoms with Crippen LogP contribution in [0.3, 0.4) is 0 Å². The van der Waals surface area contributed by atoms with Crippen molar-refractivity contribution in [2.75, 3.05) is 57.3 Å². The average Bonchev–Trinajstić information content (AvgIpc) is 2.69. The van der Waals surface area contributed by atoms with Crippen LogP contribution in [-0.2, 0) is 4.79 Å². The zero-order chi connectivity index (χ0) is 21.7. The first-order valence-electron chi connectivity index (χ1n) is 9.77. The Morgan fingerprint density at radius 3 is 2.47 bits per heavy atom. The molecule has 2 heterocycles. The van der Waals surface area contributed by atoms with Gasteiger partial charge in [0, 0.05) is 51.8 Å². The van der Waals surface area contributed by atoms with E-state index < -0.39 is 18.6 Å². The fourth-order valence-electron chi connectivity index (χ4n) is 3.54. The maximum Gasteiger partial charge on any atom is 0.422 e. The summed E-state index contributed by atoms with van der Waals surface area (Å²) in [4.78, 5) is 28.8. The lowest BCUT2D eigenvalue weighted by Crippen LogP contribution is -2.51. The molecule has 2 saturated heterocycles. The highest BCUT2D eigenvalue weighted by Crippen LogP contribution is 2.31. The molecule has 30 heavy (non-hydrogen) atoms. The van der Waals surface area contributed by atoms with E-state index in [9.17, 15) is 27.2 Å². The second-order valence-electron chi connectivity index (χ2n) is 7.23. The van der Waals surface area contributed by atoms with Crippen LogP contribution >= 0.6 is 0 Å². The minimum atomic E-state index is -4.51. The number of nitrogens with zero attached hydrogens (tertiary/aromatic N) is 3. The predicted octanol–water partition coefficient (Wildman–Crippen LogP) is 2.22. The van der Waals surface area contributed by atoms with E-state index in [2.05, 4.69) is 10.2 Å². The number of alkyl halides is 3. The van der Waals surface area contributed by atoms with E-state index in [4.69, 9.17) is 4.74 Å². The number of ether oxygens (including phenoxy) is 1. The van der Waals surface area contributed by atoms with E-state index in [1.807, 2.05) is 4.90 Å². The predicted molar refractivity (Wildman–Crippen MR) is 101 cm³/mol. The number of imide groups is 1. The molecule has 2 aliphatic heterocycles. The summed E-state index contributed by atoms with van der Waals surface area (Å²) in [6, 6.07) is 3.23. The third kappa shape index (κ3) is 5.97. The highest BCUT2D eigenvalue weighted by molar-refractivity contribution is 5.96. The van der Waals surface area contributed by atoms with Crippen molar-refractivity contribution in [3.8, 4) is 5.75 Å². The SMILES string of the molecule is O=C1CCNC(=O)N1CCCN1CCN(c2ccc(F)cc2OCC(F)(F)F)CC1. The maximum absolute atomic E-state index is 13.5. The lowest BCUT2D eigenvalue weighted by molar-refractivity contribution is -0.153. The number of urea groups is 1. The highest BCUT2D eigenvalue weighted by atomic mass is 19.4. The van der Waals surface area contributed by atoms with Gasteiger partial charge >= 0.3 is 12.2 Å². The number of benzene rings is 1. The van der Waals surface area contributed by atoms with Gasteiger partial charge in [-0.05, 0) is 25.1 Å². The summed E-state index contributed by atoms with van der Waals surface area (Å²) in [5.74, 6) is -0.965. The Hall–Kier alpha value is -2.56. The van der Waals surface area contributed by atoms with E-state index in [0.717, 1.165) is 6.07 Å². The summed E-state index contributed by atoms with van der Waals surface area (Å²) in [7, 11) is 0. The Bertz CT molecular complexity index is 751. The average molecular weight is 432 g/mol. The van der Waals surface area contributed by atoms with Crippen molar-refractivity contribution in [2.24, 2.45) is 0 Å². The lowest BCUT2D eigenvalue weighted by Gasteiger charge is -2.37. The van der Waals surface area contributed by atoms with Gasteiger partial charge in [0.25, 0.3) is 0 Å². The van der Waals surface area contributed by atoms with Crippen LogP contribution in [0, 0.1) is 5.82 Å². The van der Waals surface area contributed by atoms with E-state index in [-0.39, 0.29) is 17.7 Å². The second kappa shape index (κ2) is 9.50. The molecule has 0 aliphatic carbocycles. The Balaban J connectivity index is 1.49. The van der Waals surface area contributed by atoms with E-state index in [1.165, 1.54) is 17.0 Å². The molecule has 11 heteroatoms. The first kappa shape index (κ1) is 22.1. The van der Waals surface area contributed by atoms with Crippen molar-refractivity contribution >= 4 is 17.6 Å². The Kier molecular flexibility index (Phi) is 7.01. The van der Waals surface area contributed by atoms with Crippen LogP contribution in [0.15, 0.2) is 18.2 Å². The van der Waals surface area contributed by atoms with E-state index >= 15 is 0 Å². The van der Waals surface area contributed by atoms with Gasteiger partial charge in [0.05, 0.1) is 5.69 Å². The van der Waals surface area contributed by atoms with Gasteiger partial charge in [0.2, 0.25) is 5.91 Å². The Morgan fingerprint density at radius 1 is 1.07 bits per heavy atom.